The number of benzene rings is 2. The van der Waals surface area contributed by atoms with E-state index >= 15 is 0 Å². The normalized spacial score (nSPS) is 11.6. The van der Waals surface area contributed by atoms with Crippen molar-refractivity contribution in [2.24, 2.45) is 0 Å². The third-order valence-electron chi connectivity index (χ3n) is 4.33. The number of amides is 1. The highest BCUT2D eigenvalue weighted by Gasteiger charge is 2.17. The van der Waals surface area contributed by atoms with Crippen molar-refractivity contribution in [3.05, 3.63) is 75.7 Å². The molecule has 0 aliphatic rings. The van der Waals surface area contributed by atoms with E-state index in [1.54, 1.807) is 24.4 Å². The molecule has 1 amide bonds. The van der Waals surface area contributed by atoms with Crippen molar-refractivity contribution in [2.45, 2.75) is 39.9 Å². The maximum Gasteiger partial charge on any atom is 0.347 e. The van der Waals surface area contributed by atoms with Crippen molar-refractivity contribution < 1.29 is 19.1 Å². The summed E-state index contributed by atoms with van der Waals surface area (Å²) < 4.78 is 10.8. The predicted molar refractivity (Wildman–Crippen MR) is 117 cm³/mol. The fourth-order valence-corrected chi connectivity index (χ4v) is 3.49. The van der Waals surface area contributed by atoms with Gasteiger partial charge in [0.1, 0.15) is 17.4 Å². The van der Waals surface area contributed by atoms with E-state index < -0.39 is 12.1 Å². The molecule has 0 bridgehead atoms. The van der Waals surface area contributed by atoms with Gasteiger partial charge in [0.25, 0.3) is 0 Å². The lowest BCUT2D eigenvalue weighted by atomic mass is 10.1. The average molecular weight is 425 g/mol. The van der Waals surface area contributed by atoms with E-state index in [1.165, 1.54) is 11.3 Å². The van der Waals surface area contributed by atoms with Crippen molar-refractivity contribution in [2.75, 3.05) is 5.32 Å². The molecular formula is C23H24N2O4S. The van der Waals surface area contributed by atoms with E-state index in [0.29, 0.717) is 16.5 Å². The Kier molecular flexibility index (Phi) is 7.19. The zero-order chi connectivity index (χ0) is 21.5. The summed E-state index contributed by atoms with van der Waals surface area (Å²) >= 11 is 1.36. The first-order valence-corrected chi connectivity index (χ1v) is 10.5. The summed E-state index contributed by atoms with van der Waals surface area (Å²) in [5, 5.41) is 5.38. The quantitative estimate of drug-likeness (QED) is 0.541. The Balaban J connectivity index is 1.48. The second-order valence-corrected chi connectivity index (χ2v) is 7.90. The van der Waals surface area contributed by atoms with Crippen molar-refractivity contribution in [1.82, 2.24) is 4.98 Å². The molecule has 0 radical (unpaired) electrons. The van der Waals surface area contributed by atoms with Crippen LogP contribution in [0.25, 0.3) is 0 Å². The molecule has 0 fully saturated rings. The first kappa shape index (κ1) is 21.5. The number of esters is 1. The fourth-order valence-electron chi connectivity index (χ4n) is 2.71. The maximum atomic E-state index is 12.3. The monoisotopic (exact) mass is 424 g/mol. The van der Waals surface area contributed by atoms with Gasteiger partial charge in [0, 0.05) is 11.1 Å². The predicted octanol–water partition coefficient (Wildman–Crippen LogP) is 4.45. The number of hydrogen-bond donors (Lipinski definition) is 1. The van der Waals surface area contributed by atoms with E-state index in [2.05, 4.69) is 10.3 Å². The molecule has 0 aliphatic carbocycles. The largest absolute Gasteiger partial charge is 0.479 e. The Morgan fingerprint density at radius 3 is 2.67 bits per heavy atom. The number of aromatic nitrogens is 1. The molecule has 0 saturated heterocycles. The lowest BCUT2D eigenvalue weighted by Gasteiger charge is -2.13. The van der Waals surface area contributed by atoms with Crippen molar-refractivity contribution in [3.63, 3.8) is 0 Å². The van der Waals surface area contributed by atoms with Gasteiger partial charge in [0.05, 0.1) is 12.1 Å². The van der Waals surface area contributed by atoms with Gasteiger partial charge in [-0.1, -0.05) is 30.3 Å². The van der Waals surface area contributed by atoms with Gasteiger partial charge in [-0.3, -0.25) is 4.79 Å². The summed E-state index contributed by atoms with van der Waals surface area (Å²) in [6.45, 7) is 5.61. The molecule has 2 aromatic carbocycles. The van der Waals surface area contributed by atoms with Gasteiger partial charge in [-0.05, 0) is 50.1 Å². The number of hydrogen-bond acceptors (Lipinski definition) is 6. The van der Waals surface area contributed by atoms with Crippen LogP contribution in [0.3, 0.4) is 0 Å². The molecule has 0 aliphatic heterocycles. The number of aryl methyl sites for hydroxylation is 2. The van der Waals surface area contributed by atoms with Crippen LogP contribution in [0.15, 0.2) is 53.9 Å². The third kappa shape index (κ3) is 6.15. The van der Waals surface area contributed by atoms with Crippen LogP contribution in [-0.2, 0) is 27.4 Å². The maximum absolute atomic E-state index is 12.3. The first-order chi connectivity index (χ1) is 14.4. The lowest BCUT2D eigenvalue weighted by molar-refractivity contribution is -0.152. The van der Waals surface area contributed by atoms with Crippen molar-refractivity contribution in [1.29, 1.82) is 0 Å². The van der Waals surface area contributed by atoms with Gasteiger partial charge in [0.2, 0.25) is 5.91 Å². The van der Waals surface area contributed by atoms with E-state index in [0.717, 1.165) is 16.8 Å². The number of ether oxygens (including phenoxy) is 2. The Hall–Kier alpha value is -3.19. The minimum Gasteiger partial charge on any atom is -0.479 e. The minimum atomic E-state index is -0.728. The molecule has 156 valence electrons. The lowest BCUT2D eigenvalue weighted by Crippen LogP contribution is -2.26. The third-order valence-corrected chi connectivity index (χ3v) is 5.23. The Labute approximate surface area is 179 Å². The number of nitrogens with zero attached hydrogens (tertiary/aromatic N) is 1. The van der Waals surface area contributed by atoms with E-state index in [4.69, 9.17) is 9.47 Å². The summed E-state index contributed by atoms with van der Waals surface area (Å²) in [4.78, 5) is 28.9. The molecule has 6 nitrogen and oxygen atoms in total. The van der Waals surface area contributed by atoms with Crippen LogP contribution in [0.1, 0.15) is 28.8 Å². The number of carbonyl (C=O) groups is 2. The van der Waals surface area contributed by atoms with Gasteiger partial charge < -0.3 is 14.8 Å². The number of thiazole rings is 1. The summed E-state index contributed by atoms with van der Waals surface area (Å²) in [6.07, 6.45) is -0.562. The van der Waals surface area contributed by atoms with E-state index in [9.17, 15) is 9.59 Å². The summed E-state index contributed by atoms with van der Waals surface area (Å²) in [6, 6.07) is 15.0. The smallest absolute Gasteiger partial charge is 0.347 e. The highest BCUT2D eigenvalue weighted by Crippen LogP contribution is 2.18. The highest BCUT2D eigenvalue weighted by atomic mass is 32.1. The first-order valence-electron chi connectivity index (χ1n) is 9.59. The van der Waals surface area contributed by atoms with Gasteiger partial charge in [-0.25, -0.2) is 9.78 Å². The molecule has 1 atom stereocenters. The average Bonchev–Trinajstić information content (AvgIpc) is 3.16. The number of carbonyl (C=O) groups excluding carboxylic acids is 2. The second-order valence-electron chi connectivity index (χ2n) is 6.96. The van der Waals surface area contributed by atoms with Gasteiger partial charge in [-0.2, -0.15) is 0 Å². The summed E-state index contributed by atoms with van der Waals surface area (Å²) in [7, 11) is 0. The SMILES string of the molecule is Cc1ccc(C)c(NC(=O)Cc2nc(COC(=O)C(C)Oc3ccccc3)cs2)c1. The van der Waals surface area contributed by atoms with Crippen LogP contribution in [0.4, 0.5) is 5.69 Å². The molecule has 3 aromatic rings. The molecule has 1 N–H and O–H groups in total. The zero-order valence-electron chi connectivity index (χ0n) is 17.2. The molecule has 7 heteroatoms. The standard InChI is InChI=1S/C23H24N2O4S/c1-15-9-10-16(2)20(11-15)25-21(26)12-22-24-18(14-30-22)13-28-23(27)17(3)29-19-7-5-4-6-8-19/h4-11,14,17H,12-13H2,1-3H3,(H,25,26). The molecule has 0 spiro atoms. The number of para-hydroxylation sites is 1. The summed E-state index contributed by atoms with van der Waals surface area (Å²) in [5.41, 5.74) is 3.50. The van der Waals surface area contributed by atoms with Crippen LogP contribution in [0, 0.1) is 13.8 Å². The molecule has 0 saturated carbocycles. The van der Waals surface area contributed by atoms with Gasteiger partial charge >= 0.3 is 5.97 Å². The number of nitrogens with one attached hydrogen (secondary N) is 1. The Bertz CT molecular complexity index is 1020. The van der Waals surface area contributed by atoms with Crippen molar-refractivity contribution in [3.8, 4) is 5.75 Å². The second kappa shape index (κ2) is 10.0. The van der Waals surface area contributed by atoms with Crippen LogP contribution in [0.2, 0.25) is 0 Å². The van der Waals surface area contributed by atoms with Gasteiger partial charge in [0.15, 0.2) is 6.10 Å². The molecule has 1 aromatic heterocycles. The molecule has 30 heavy (non-hydrogen) atoms. The summed E-state index contributed by atoms with van der Waals surface area (Å²) in [5.74, 6) is 0.000278. The van der Waals surface area contributed by atoms with E-state index in [-0.39, 0.29) is 18.9 Å². The molecule has 1 heterocycles. The zero-order valence-corrected chi connectivity index (χ0v) is 18.0. The Morgan fingerprint density at radius 2 is 1.90 bits per heavy atom. The van der Waals surface area contributed by atoms with E-state index in [1.807, 2.05) is 50.2 Å². The van der Waals surface area contributed by atoms with Crippen LogP contribution in [0.5, 0.6) is 5.75 Å². The van der Waals surface area contributed by atoms with Crippen LogP contribution >= 0.6 is 11.3 Å². The highest BCUT2D eigenvalue weighted by molar-refractivity contribution is 7.09. The topological polar surface area (TPSA) is 77.5 Å². The van der Waals surface area contributed by atoms with Gasteiger partial charge in [-0.15, -0.1) is 11.3 Å². The molecular weight excluding hydrogens is 400 g/mol. The van der Waals surface area contributed by atoms with Crippen molar-refractivity contribution >= 4 is 28.9 Å². The molecule has 1 unspecified atom stereocenters. The number of anilines is 1. The molecule has 3 rings (SSSR count). The Morgan fingerprint density at radius 1 is 1.13 bits per heavy atom. The fraction of sp³-hybridized carbons (Fsp3) is 0.261. The minimum absolute atomic E-state index is 0.0381. The number of rotatable bonds is 8. The van der Waals surface area contributed by atoms with Crippen LogP contribution < -0.4 is 10.1 Å². The van der Waals surface area contributed by atoms with Crippen LogP contribution in [-0.4, -0.2) is 23.0 Å².